The quantitative estimate of drug-likeness (QED) is 0.583. The Morgan fingerprint density at radius 1 is 0.951 bits per heavy atom. The fraction of sp³-hybridized carbons (Fsp3) is 0.548. The summed E-state index contributed by atoms with van der Waals surface area (Å²) in [5.41, 5.74) is 0.898. The Bertz CT molecular complexity index is 1350. The average Bonchev–Trinajstić information content (AvgIpc) is 3.55. The minimum atomic E-state index is -3.68. The molecule has 0 atom stereocenters. The molecule has 2 saturated heterocycles. The molecule has 5 rings (SSSR count). The smallest absolute Gasteiger partial charge is 0.257 e. The van der Waals surface area contributed by atoms with Gasteiger partial charge < -0.3 is 19.7 Å². The van der Waals surface area contributed by atoms with Crippen LogP contribution in [0.2, 0.25) is 0 Å². The van der Waals surface area contributed by atoms with Crippen LogP contribution in [0.15, 0.2) is 47.4 Å². The number of fused-ring (bicyclic) bond motifs is 1. The summed E-state index contributed by atoms with van der Waals surface area (Å²) in [7, 11) is -2.20. The number of nitrogens with one attached hydrogen (secondary N) is 1. The topological polar surface area (TPSA) is 105 Å². The van der Waals surface area contributed by atoms with Gasteiger partial charge in [-0.3, -0.25) is 9.59 Å². The summed E-state index contributed by atoms with van der Waals surface area (Å²) in [5.74, 6) is 0.982. The van der Waals surface area contributed by atoms with Crippen LogP contribution >= 0.6 is 0 Å². The highest BCUT2D eigenvalue weighted by molar-refractivity contribution is 7.89. The Morgan fingerprint density at radius 2 is 1.71 bits per heavy atom. The van der Waals surface area contributed by atoms with Crippen LogP contribution in [0.4, 0.5) is 0 Å². The van der Waals surface area contributed by atoms with Crippen molar-refractivity contribution in [1.29, 1.82) is 0 Å². The van der Waals surface area contributed by atoms with Gasteiger partial charge in [-0.05, 0) is 74.8 Å². The molecule has 0 aliphatic carbocycles. The normalized spacial score (nSPS) is 20.6. The van der Waals surface area contributed by atoms with Gasteiger partial charge in [0.05, 0.1) is 29.5 Å². The molecule has 9 nitrogen and oxygen atoms in total. The number of amides is 2. The number of nitrogens with zero attached hydrogens (tertiary/aromatic N) is 2. The summed E-state index contributed by atoms with van der Waals surface area (Å²) < 4.78 is 39.3. The summed E-state index contributed by atoms with van der Waals surface area (Å²) in [6, 6.07) is 12.6. The van der Waals surface area contributed by atoms with Gasteiger partial charge in [0.25, 0.3) is 5.91 Å². The molecular weight excluding hydrogens is 542 g/mol. The number of methoxy groups -OCH3 is 1. The third-order valence-electron chi connectivity index (χ3n) is 8.81. The molecule has 0 saturated carbocycles. The lowest BCUT2D eigenvalue weighted by Crippen LogP contribution is -2.50. The van der Waals surface area contributed by atoms with Crippen LogP contribution in [0.25, 0.3) is 0 Å². The van der Waals surface area contributed by atoms with Gasteiger partial charge >= 0.3 is 0 Å². The lowest BCUT2D eigenvalue weighted by molar-refractivity contribution is -0.134. The highest BCUT2D eigenvalue weighted by Gasteiger charge is 2.42. The highest BCUT2D eigenvalue weighted by Crippen LogP contribution is 2.39. The van der Waals surface area contributed by atoms with E-state index in [1.807, 2.05) is 18.2 Å². The molecule has 0 aromatic heterocycles. The van der Waals surface area contributed by atoms with Crippen LogP contribution < -0.4 is 14.8 Å². The summed E-state index contributed by atoms with van der Waals surface area (Å²) in [5, 5.41) is 3.10. The van der Waals surface area contributed by atoms with E-state index in [-0.39, 0.29) is 22.3 Å². The molecule has 0 unspecified atom stereocenters. The number of carbonyl (C=O) groups is 2. The number of ether oxygens (including phenoxy) is 2. The first-order valence-corrected chi connectivity index (χ1v) is 16.2. The van der Waals surface area contributed by atoms with Crippen molar-refractivity contribution in [3.8, 4) is 11.5 Å². The number of benzene rings is 2. The lowest BCUT2D eigenvalue weighted by atomic mass is 9.73. The molecule has 3 aliphatic heterocycles. The van der Waals surface area contributed by atoms with Crippen LogP contribution in [0.1, 0.15) is 67.3 Å². The van der Waals surface area contributed by atoms with Gasteiger partial charge in [-0.25, -0.2) is 8.42 Å². The van der Waals surface area contributed by atoms with Gasteiger partial charge in [-0.1, -0.05) is 31.0 Å². The zero-order chi connectivity index (χ0) is 28.9. The Kier molecular flexibility index (Phi) is 9.19. The first kappa shape index (κ1) is 29.4. The molecule has 3 aliphatic rings. The number of para-hydroxylation sites is 1. The molecule has 3 heterocycles. The van der Waals surface area contributed by atoms with Crippen molar-refractivity contribution < 1.29 is 27.5 Å². The zero-order valence-corrected chi connectivity index (χ0v) is 24.7. The van der Waals surface area contributed by atoms with Gasteiger partial charge in [-0.15, -0.1) is 0 Å². The minimum Gasteiger partial charge on any atom is -0.496 e. The van der Waals surface area contributed by atoms with Gasteiger partial charge in [0, 0.05) is 26.2 Å². The first-order chi connectivity index (χ1) is 19.8. The fourth-order valence-corrected chi connectivity index (χ4v) is 7.85. The number of likely N-dealkylation sites (tertiary alicyclic amines) is 1. The lowest BCUT2D eigenvalue weighted by Gasteiger charge is -2.41. The number of aryl methyl sites for hydroxylation is 1. The maximum atomic E-state index is 13.7. The van der Waals surface area contributed by atoms with E-state index < -0.39 is 15.4 Å². The van der Waals surface area contributed by atoms with E-state index in [4.69, 9.17) is 9.47 Å². The van der Waals surface area contributed by atoms with Crippen molar-refractivity contribution >= 4 is 21.8 Å². The second-order valence-corrected chi connectivity index (χ2v) is 13.3. The van der Waals surface area contributed by atoms with Crippen molar-refractivity contribution in [3.63, 3.8) is 0 Å². The minimum absolute atomic E-state index is 0.0250. The van der Waals surface area contributed by atoms with E-state index in [9.17, 15) is 18.0 Å². The molecule has 2 aromatic carbocycles. The fourth-order valence-electron chi connectivity index (χ4n) is 6.31. The molecule has 2 fully saturated rings. The van der Waals surface area contributed by atoms with Crippen molar-refractivity contribution in [2.45, 2.75) is 62.7 Å². The van der Waals surface area contributed by atoms with Crippen molar-refractivity contribution in [3.05, 3.63) is 53.6 Å². The van der Waals surface area contributed by atoms with Crippen molar-refractivity contribution in [2.24, 2.45) is 5.41 Å². The molecule has 10 heteroatoms. The van der Waals surface area contributed by atoms with E-state index >= 15 is 0 Å². The molecule has 2 aromatic rings. The van der Waals surface area contributed by atoms with Crippen LogP contribution in [-0.2, 0) is 21.2 Å². The Labute approximate surface area is 243 Å². The van der Waals surface area contributed by atoms with Crippen molar-refractivity contribution in [1.82, 2.24) is 14.5 Å². The van der Waals surface area contributed by atoms with E-state index in [1.54, 1.807) is 11.0 Å². The SMILES string of the molecule is COc1ccc(S(=O)(=O)N2CCCC2)cc1C(=O)N1CCC2(CCCCCc3ccccc3OCCNC2=O)CC1. The summed E-state index contributed by atoms with van der Waals surface area (Å²) in [6.07, 6.45) is 7.49. The van der Waals surface area contributed by atoms with Crippen molar-refractivity contribution in [2.75, 3.05) is 46.4 Å². The van der Waals surface area contributed by atoms with Gasteiger partial charge in [0.1, 0.15) is 18.1 Å². The highest BCUT2D eigenvalue weighted by atomic mass is 32.2. The summed E-state index contributed by atoms with van der Waals surface area (Å²) >= 11 is 0. The predicted molar refractivity (Wildman–Crippen MR) is 156 cm³/mol. The largest absolute Gasteiger partial charge is 0.496 e. The van der Waals surface area contributed by atoms with Crippen LogP contribution in [0.3, 0.4) is 0 Å². The molecule has 41 heavy (non-hydrogen) atoms. The Balaban J connectivity index is 1.28. The molecule has 222 valence electrons. The first-order valence-electron chi connectivity index (χ1n) is 14.8. The standard InChI is InChI=1S/C31H41N3O6S/c1-39-28-13-12-25(41(37,38)34-18-7-8-19-34)23-26(28)29(35)33-20-15-31(16-21-33)14-6-2-3-9-24-10-4-5-11-27(24)40-22-17-32-30(31)36/h4-5,10-13,23H,2-3,6-9,14-22H2,1H3,(H,32,36). The molecule has 1 N–H and O–H groups in total. The summed E-state index contributed by atoms with van der Waals surface area (Å²) in [4.78, 5) is 29.0. The number of rotatable bonds is 4. The van der Waals surface area contributed by atoms with Crippen LogP contribution in [-0.4, -0.2) is 75.9 Å². The van der Waals surface area contributed by atoms with Gasteiger partial charge in [-0.2, -0.15) is 4.31 Å². The second-order valence-electron chi connectivity index (χ2n) is 11.3. The van der Waals surface area contributed by atoms with Gasteiger partial charge in [0.15, 0.2) is 0 Å². The van der Waals surface area contributed by atoms with E-state index in [2.05, 4.69) is 11.4 Å². The van der Waals surface area contributed by atoms with Gasteiger partial charge in [0.2, 0.25) is 15.9 Å². The number of hydrogen-bond donors (Lipinski definition) is 1. The number of piperidine rings is 1. The van der Waals surface area contributed by atoms with E-state index in [0.29, 0.717) is 57.9 Å². The van der Waals surface area contributed by atoms with E-state index in [1.165, 1.54) is 29.1 Å². The summed E-state index contributed by atoms with van der Waals surface area (Å²) in [6.45, 7) is 2.65. The molecule has 2 amide bonds. The Hall–Kier alpha value is -3.11. The van der Waals surface area contributed by atoms with Crippen LogP contribution in [0, 0.1) is 5.41 Å². The molecule has 0 radical (unpaired) electrons. The Morgan fingerprint density at radius 3 is 2.46 bits per heavy atom. The third kappa shape index (κ3) is 6.38. The zero-order valence-electron chi connectivity index (χ0n) is 23.9. The maximum absolute atomic E-state index is 13.7. The molecule has 0 bridgehead atoms. The van der Waals surface area contributed by atoms with E-state index in [0.717, 1.165) is 50.7 Å². The predicted octanol–water partition coefficient (Wildman–Crippen LogP) is 4.01. The monoisotopic (exact) mass is 583 g/mol. The number of hydrogen-bond acceptors (Lipinski definition) is 6. The molecular formula is C31H41N3O6S. The maximum Gasteiger partial charge on any atom is 0.257 e. The average molecular weight is 584 g/mol. The molecule has 1 spiro atoms. The van der Waals surface area contributed by atoms with Crippen LogP contribution in [0.5, 0.6) is 11.5 Å². The number of carbonyl (C=O) groups excluding carboxylic acids is 2. The second kappa shape index (κ2) is 12.8. The number of sulfonamides is 1. The third-order valence-corrected chi connectivity index (χ3v) is 10.7.